The maximum absolute atomic E-state index is 4.84. The highest BCUT2D eigenvalue weighted by molar-refractivity contribution is 5.54. The Morgan fingerprint density at radius 3 is 2.83 bits per heavy atom. The molecule has 0 N–H and O–H groups in total. The SMILES string of the molecule is CCCN(C)C(C)=Cc1cn(C)nc1C1CCCC(C)(C)CC1. The summed E-state index contributed by atoms with van der Waals surface area (Å²) in [6, 6.07) is 0. The topological polar surface area (TPSA) is 21.1 Å². The van der Waals surface area contributed by atoms with Crippen molar-refractivity contribution in [2.45, 2.75) is 72.1 Å². The Morgan fingerprint density at radius 2 is 2.13 bits per heavy atom. The van der Waals surface area contributed by atoms with E-state index in [1.165, 1.54) is 55.5 Å². The summed E-state index contributed by atoms with van der Waals surface area (Å²) in [5.41, 5.74) is 4.46. The molecule has 130 valence electrons. The fraction of sp³-hybridized carbons (Fsp3) is 0.750. The van der Waals surface area contributed by atoms with E-state index in [2.05, 4.69) is 51.9 Å². The third-order valence-corrected chi connectivity index (χ3v) is 5.38. The van der Waals surface area contributed by atoms with E-state index in [0.29, 0.717) is 11.3 Å². The Morgan fingerprint density at radius 1 is 1.39 bits per heavy atom. The molecular formula is C20H35N3. The Labute approximate surface area is 142 Å². The van der Waals surface area contributed by atoms with Gasteiger partial charge in [0.1, 0.15) is 0 Å². The smallest absolute Gasteiger partial charge is 0.0728 e. The normalized spacial score (nSPS) is 22.0. The summed E-state index contributed by atoms with van der Waals surface area (Å²) in [4.78, 5) is 2.34. The van der Waals surface area contributed by atoms with Crippen LogP contribution in [0.4, 0.5) is 0 Å². The lowest BCUT2D eigenvalue weighted by molar-refractivity contribution is 0.312. The quantitative estimate of drug-likeness (QED) is 0.696. The first-order valence-corrected chi connectivity index (χ1v) is 9.25. The van der Waals surface area contributed by atoms with E-state index in [4.69, 9.17) is 5.10 Å². The van der Waals surface area contributed by atoms with Gasteiger partial charge in [-0.05, 0) is 50.5 Å². The fourth-order valence-electron chi connectivity index (χ4n) is 3.73. The molecule has 23 heavy (non-hydrogen) atoms. The molecule has 1 aromatic rings. The van der Waals surface area contributed by atoms with Crippen molar-refractivity contribution in [3.63, 3.8) is 0 Å². The predicted octanol–water partition coefficient (Wildman–Crippen LogP) is 5.20. The maximum atomic E-state index is 4.84. The van der Waals surface area contributed by atoms with Crippen molar-refractivity contribution < 1.29 is 0 Å². The molecule has 3 nitrogen and oxygen atoms in total. The van der Waals surface area contributed by atoms with Crippen molar-refractivity contribution in [3.05, 3.63) is 23.2 Å². The van der Waals surface area contributed by atoms with Crippen LogP contribution in [0.1, 0.15) is 83.4 Å². The lowest BCUT2D eigenvalue weighted by atomic mass is 9.84. The van der Waals surface area contributed by atoms with Crippen LogP contribution in [0.25, 0.3) is 6.08 Å². The van der Waals surface area contributed by atoms with Crippen molar-refractivity contribution in [2.75, 3.05) is 13.6 Å². The number of nitrogens with zero attached hydrogens (tertiary/aromatic N) is 3. The van der Waals surface area contributed by atoms with Crippen LogP contribution in [0.5, 0.6) is 0 Å². The highest BCUT2D eigenvalue weighted by Gasteiger charge is 2.27. The van der Waals surface area contributed by atoms with Crippen molar-refractivity contribution >= 4 is 6.08 Å². The molecule has 3 heteroatoms. The minimum absolute atomic E-state index is 0.497. The number of rotatable bonds is 5. The van der Waals surface area contributed by atoms with Crippen LogP contribution in [0.15, 0.2) is 11.9 Å². The Bertz CT molecular complexity index is 539. The largest absolute Gasteiger partial charge is 0.378 e. The van der Waals surface area contributed by atoms with E-state index >= 15 is 0 Å². The zero-order chi connectivity index (χ0) is 17.0. The lowest BCUT2D eigenvalue weighted by Gasteiger charge is -2.22. The minimum Gasteiger partial charge on any atom is -0.378 e. The van der Waals surface area contributed by atoms with Crippen LogP contribution in [0.3, 0.4) is 0 Å². The Balaban J connectivity index is 2.22. The number of aromatic nitrogens is 2. The first kappa shape index (κ1) is 18.1. The summed E-state index contributed by atoms with van der Waals surface area (Å²) in [5.74, 6) is 0.619. The highest BCUT2D eigenvalue weighted by Crippen LogP contribution is 2.40. The number of hydrogen-bond acceptors (Lipinski definition) is 2. The average Bonchev–Trinajstić information content (AvgIpc) is 2.72. The van der Waals surface area contributed by atoms with Crippen molar-refractivity contribution in [2.24, 2.45) is 12.5 Å². The minimum atomic E-state index is 0.497. The van der Waals surface area contributed by atoms with Crippen LogP contribution >= 0.6 is 0 Å². The van der Waals surface area contributed by atoms with Gasteiger partial charge in [-0.15, -0.1) is 0 Å². The fourth-order valence-corrected chi connectivity index (χ4v) is 3.73. The molecule has 1 aliphatic rings. The highest BCUT2D eigenvalue weighted by atomic mass is 15.3. The summed E-state index contributed by atoms with van der Waals surface area (Å²) in [6.07, 6.45) is 12.2. The summed E-state index contributed by atoms with van der Waals surface area (Å²) in [6.45, 7) is 10.4. The molecule has 0 saturated heterocycles. The number of aryl methyl sites for hydroxylation is 1. The standard InChI is InChI=1S/C20H35N3/c1-7-13-22(5)16(2)14-18-15-23(6)21-19(18)17-9-8-11-20(3,4)12-10-17/h14-15,17H,7-13H2,1-6H3. The monoisotopic (exact) mass is 317 g/mol. The van der Waals surface area contributed by atoms with Gasteiger partial charge in [0.15, 0.2) is 0 Å². The lowest BCUT2D eigenvalue weighted by Crippen LogP contribution is -2.16. The molecule has 1 aromatic heterocycles. The first-order valence-electron chi connectivity index (χ1n) is 9.25. The van der Waals surface area contributed by atoms with E-state index in [0.717, 1.165) is 6.54 Å². The predicted molar refractivity (Wildman–Crippen MR) is 99.4 cm³/mol. The molecule has 2 rings (SSSR count). The zero-order valence-electron chi connectivity index (χ0n) is 16.0. The van der Waals surface area contributed by atoms with Gasteiger partial charge >= 0.3 is 0 Å². The van der Waals surface area contributed by atoms with E-state index in [1.54, 1.807) is 0 Å². The van der Waals surface area contributed by atoms with Crippen LogP contribution in [0.2, 0.25) is 0 Å². The molecule has 0 radical (unpaired) electrons. The van der Waals surface area contributed by atoms with Gasteiger partial charge in [-0.25, -0.2) is 0 Å². The van der Waals surface area contributed by atoms with Gasteiger partial charge in [-0.3, -0.25) is 4.68 Å². The summed E-state index contributed by atoms with van der Waals surface area (Å²) in [7, 11) is 4.23. The molecule has 1 atom stereocenters. The van der Waals surface area contributed by atoms with Gasteiger partial charge in [0.2, 0.25) is 0 Å². The Hall–Kier alpha value is -1.25. The molecule has 1 aliphatic carbocycles. The molecule has 0 amide bonds. The third-order valence-electron chi connectivity index (χ3n) is 5.38. The van der Waals surface area contributed by atoms with E-state index in [-0.39, 0.29) is 0 Å². The van der Waals surface area contributed by atoms with Gasteiger partial charge in [0, 0.05) is 44.0 Å². The van der Waals surface area contributed by atoms with Gasteiger partial charge in [0.25, 0.3) is 0 Å². The van der Waals surface area contributed by atoms with Crippen LogP contribution in [-0.2, 0) is 7.05 Å². The maximum Gasteiger partial charge on any atom is 0.0728 e. The molecule has 1 saturated carbocycles. The van der Waals surface area contributed by atoms with Crippen molar-refractivity contribution in [1.82, 2.24) is 14.7 Å². The van der Waals surface area contributed by atoms with Gasteiger partial charge in [-0.1, -0.05) is 27.2 Å². The van der Waals surface area contributed by atoms with Gasteiger partial charge < -0.3 is 4.90 Å². The second kappa shape index (κ2) is 7.55. The molecule has 0 aromatic carbocycles. The van der Waals surface area contributed by atoms with Gasteiger partial charge in [0.05, 0.1) is 5.69 Å². The summed E-state index contributed by atoms with van der Waals surface area (Å²) >= 11 is 0. The number of allylic oxidation sites excluding steroid dienone is 1. The second-order valence-corrected chi connectivity index (χ2v) is 8.14. The summed E-state index contributed by atoms with van der Waals surface area (Å²) < 4.78 is 1.99. The van der Waals surface area contributed by atoms with Crippen LogP contribution in [0, 0.1) is 5.41 Å². The third kappa shape index (κ3) is 4.86. The zero-order valence-corrected chi connectivity index (χ0v) is 16.0. The first-order chi connectivity index (χ1) is 10.8. The molecule has 0 bridgehead atoms. The van der Waals surface area contributed by atoms with E-state index in [9.17, 15) is 0 Å². The van der Waals surface area contributed by atoms with Gasteiger partial charge in [-0.2, -0.15) is 5.10 Å². The molecule has 0 spiro atoms. The Kier molecular flexibility index (Phi) is 5.94. The van der Waals surface area contributed by atoms with E-state index < -0.39 is 0 Å². The van der Waals surface area contributed by atoms with E-state index in [1.807, 2.05) is 11.7 Å². The summed E-state index contributed by atoms with van der Waals surface area (Å²) in [5, 5.41) is 4.84. The molecule has 1 heterocycles. The van der Waals surface area contributed by atoms with Crippen molar-refractivity contribution in [1.29, 1.82) is 0 Å². The van der Waals surface area contributed by atoms with Crippen molar-refractivity contribution in [3.8, 4) is 0 Å². The number of hydrogen-bond donors (Lipinski definition) is 0. The van der Waals surface area contributed by atoms with Crippen LogP contribution in [-0.4, -0.2) is 28.3 Å². The molecule has 1 unspecified atom stereocenters. The van der Waals surface area contributed by atoms with Crippen LogP contribution < -0.4 is 0 Å². The second-order valence-electron chi connectivity index (χ2n) is 8.14. The molecule has 0 aliphatic heterocycles. The average molecular weight is 318 g/mol. The molecular weight excluding hydrogens is 282 g/mol. The molecule has 1 fully saturated rings.